The molecule has 0 radical (unpaired) electrons. The molecule has 0 spiro atoms. The maximum absolute atomic E-state index is 13.5. The number of pyridine rings is 1. The second-order valence-electron chi connectivity index (χ2n) is 6.05. The topological polar surface area (TPSA) is 66.1 Å². The lowest BCUT2D eigenvalue weighted by Gasteiger charge is -2.15. The van der Waals surface area contributed by atoms with Crippen molar-refractivity contribution in [2.45, 2.75) is 17.3 Å². The Labute approximate surface area is 183 Å². The number of aromatic nitrogens is 1. The minimum atomic E-state index is -4.70. The molecule has 0 amide bonds. The molecule has 4 nitrogen and oxygen atoms in total. The number of hydrogen-bond donors (Lipinski definition) is 1. The van der Waals surface area contributed by atoms with Gasteiger partial charge in [-0.25, -0.2) is 4.98 Å². The first-order chi connectivity index (χ1) is 14.3. The van der Waals surface area contributed by atoms with Gasteiger partial charge in [0.1, 0.15) is 23.5 Å². The van der Waals surface area contributed by atoms with Gasteiger partial charge >= 0.3 is 6.18 Å². The molecular formula is C20H14ClF3N2O2S2. The number of aliphatic hydroxyl groups excluding tert-OH is 1. The molecule has 0 bridgehead atoms. The van der Waals surface area contributed by atoms with Gasteiger partial charge < -0.3 is 9.84 Å². The highest BCUT2D eigenvalue weighted by atomic mass is 35.5. The normalized spacial score (nSPS) is 12.4. The van der Waals surface area contributed by atoms with E-state index in [1.165, 1.54) is 11.3 Å². The average molecular weight is 471 g/mol. The fourth-order valence-electron chi connectivity index (χ4n) is 2.45. The Morgan fingerprint density at radius 2 is 2.00 bits per heavy atom. The number of nitrogens with zero attached hydrogens (tertiary/aromatic N) is 2. The van der Waals surface area contributed by atoms with Crippen LogP contribution in [0.25, 0.3) is 10.6 Å². The van der Waals surface area contributed by atoms with Gasteiger partial charge in [-0.2, -0.15) is 18.4 Å². The standard InChI is InChI=1S/C20H14ClF3N2O2S2/c21-12-3-5-14(6-4-12)28-10-13(27)11-30-19-15(9-25)16(20(22,23)24)8-17(26-19)18-2-1-7-29-18/h1-8,13,27H,10-11H2/t13-/m1/s1. The van der Waals surface area contributed by atoms with E-state index >= 15 is 0 Å². The van der Waals surface area contributed by atoms with Crippen molar-refractivity contribution in [3.05, 3.63) is 64.0 Å². The molecule has 156 valence electrons. The predicted octanol–water partition coefficient (Wildman–Crippen LogP) is 5.89. The summed E-state index contributed by atoms with van der Waals surface area (Å²) in [5.74, 6) is 0.499. The van der Waals surface area contributed by atoms with E-state index in [2.05, 4.69) is 4.98 Å². The summed E-state index contributed by atoms with van der Waals surface area (Å²) in [7, 11) is 0. The first kappa shape index (κ1) is 22.4. The summed E-state index contributed by atoms with van der Waals surface area (Å²) in [4.78, 5) is 4.80. The Kier molecular flexibility index (Phi) is 7.26. The van der Waals surface area contributed by atoms with Gasteiger partial charge in [-0.05, 0) is 41.8 Å². The third-order valence-electron chi connectivity index (χ3n) is 3.85. The summed E-state index contributed by atoms with van der Waals surface area (Å²) in [6.07, 6.45) is -5.69. The van der Waals surface area contributed by atoms with Crippen LogP contribution < -0.4 is 4.74 Å². The van der Waals surface area contributed by atoms with Crippen LogP contribution in [-0.2, 0) is 6.18 Å². The zero-order valence-corrected chi connectivity index (χ0v) is 17.6. The quantitative estimate of drug-likeness (QED) is 0.436. The lowest BCUT2D eigenvalue weighted by atomic mass is 10.1. The Hall–Kier alpha value is -2.25. The van der Waals surface area contributed by atoms with Crippen molar-refractivity contribution in [3.63, 3.8) is 0 Å². The highest BCUT2D eigenvalue weighted by molar-refractivity contribution is 7.99. The number of halogens is 4. The van der Waals surface area contributed by atoms with Crippen LogP contribution in [0.1, 0.15) is 11.1 Å². The molecule has 1 aromatic carbocycles. The minimum Gasteiger partial charge on any atom is -0.491 e. The van der Waals surface area contributed by atoms with E-state index in [9.17, 15) is 23.5 Å². The number of nitriles is 1. The van der Waals surface area contributed by atoms with Crippen LogP contribution in [0, 0.1) is 11.3 Å². The van der Waals surface area contributed by atoms with E-state index in [0.717, 1.165) is 17.8 Å². The van der Waals surface area contributed by atoms with Crippen molar-refractivity contribution < 1.29 is 23.0 Å². The van der Waals surface area contributed by atoms with Gasteiger partial charge in [0.05, 0.1) is 27.8 Å². The molecule has 0 unspecified atom stereocenters. The zero-order chi connectivity index (χ0) is 21.7. The van der Waals surface area contributed by atoms with Crippen molar-refractivity contribution in [2.75, 3.05) is 12.4 Å². The van der Waals surface area contributed by atoms with Gasteiger partial charge in [-0.1, -0.05) is 17.7 Å². The van der Waals surface area contributed by atoms with Crippen molar-refractivity contribution in [2.24, 2.45) is 0 Å². The number of rotatable bonds is 7. The molecule has 0 aliphatic heterocycles. The van der Waals surface area contributed by atoms with E-state index in [1.807, 2.05) is 0 Å². The molecule has 3 aromatic rings. The number of benzene rings is 1. The third kappa shape index (κ3) is 5.67. The maximum atomic E-state index is 13.5. The van der Waals surface area contributed by atoms with Crippen LogP contribution in [0.3, 0.4) is 0 Å². The van der Waals surface area contributed by atoms with Crippen molar-refractivity contribution in [1.29, 1.82) is 5.26 Å². The summed E-state index contributed by atoms with van der Waals surface area (Å²) in [5, 5.41) is 21.7. The monoisotopic (exact) mass is 470 g/mol. The summed E-state index contributed by atoms with van der Waals surface area (Å²) in [5.41, 5.74) is -1.47. The van der Waals surface area contributed by atoms with Crippen molar-refractivity contribution in [1.82, 2.24) is 4.98 Å². The van der Waals surface area contributed by atoms with Gasteiger partial charge in [0.15, 0.2) is 0 Å². The number of aliphatic hydroxyl groups is 1. The molecule has 1 atom stereocenters. The van der Waals surface area contributed by atoms with E-state index in [0.29, 0.717) is 15.6 Å². The summed E-state index contributed by atoms with van der Waals surface area (Å²) >= 11 is 7.92. The zero-order valence-electron chi connectivity index (χ0n) is 15.2. The Morgan fingerprint density at radius 1 is 1.27 bits per heavy atom. The molecule has 0 fully saturated rings. The maximum Gasteiger partial charge on any atom is 0.417 e. The first-order valence-corrected chi connectivity index (χ1v) is 10.8. The SMILES string of the molecule is N#Cc1c(C(F)(F)F)cc(-c2cccs2)nc1SC[C@H](O)COc1ccc(Cl)cc1. The lowest BCUT2D eigenvalue weighted by molar-refractivity contribution is -0.138. The summed E-state index contributed by atoms with van der Waals surface area (Å²) in [6.45, 7) is -0.0761. The highest BCUT2D eigenvalue weighted by Gasteiger charge is 2.36. The van der Waals surface area contributed by atoms with Crippen LogP contribution in [0.2, 0.25) is 5.02 Å². The average Bonchev–Trinajstić information content (AvgIpc) is 3.25. The fraction of sp³-hybridized carbons (Fsp3) is 0.200. The van der Waals surface area contributed by atoms with Crippen LogP contribution in [-0.4, -0.2) is 28.6 Å². The second kappa shape index (κ2) is 9.71. The van der Waals surface area contributed by atoms with E-state index < -0.39 is 23.4 Å². The van der Waals surface area contributed by atoms with Crippen LogP contribution in [0.5, 0.6) is 5.75 Å². The van der Waals surface area contributed by atoms with Crippen LogP contribution in [0.15, 0.2) is 52.9 Å². The van der Waals surface area contributed by atoms with Gasteiger partial charge in [0, 0.05) is 10.8 Å². The molecule has 3 rings (SSSR count). The van der Waals surface area contributed by atoms with Crippen LogP contribution >= 0.6 is 34.7 Å². The third-order valence-corrected chi connectivity index (χ3v) is 6.11. The molecule has 0 saturated carbocycles. The van der Waals surface area contributed by atoms with E-state index in [-0.39, 0.29) is 23.1 Å². The van der Waals surface area contributed by atoms with Gasteiger partial charge in [0.25, 0.3) is 0 Å². The molecule has 2 heterocycles. The Bertz CT molecular complexity index is 1040. The summed E-state index contributed by atoms with van der Waals surface area (Å²) < 4.78 is 46.0. The fourth-order valence-corrected chi connectivity index (χ4v) is 4.18. The van der Waals surface area contributed by atoms with Crippen molar-refractivity contribution in [3.8, 4) is 22.4 Å². The largest absolute Gasteiger partial charge is 0.491 e. The molecule has 2 aromatic heterocycles. The first-order valence-electron chi connectivity index (χ1n) is 8.53. The molecule has 0 saturated heterocycles. The molecule has 30 heavy (non-hydrogen) atoms. The Morgan fingerprint density at radius 3 is 2.60 bits per heavy atom. The number of ether oxygens (including phenoxy) is 1. The summed E-state index contributed by atoms with van der Waals surface area (Å²) in [6, 6.07) is 12.4. The molecule has 0 aliphatic rings. The number of hydrogen-bond acceptors (Lipinski definition) is 6. The molecular weight excluding hydrogens is 457 g/mol. The smallest absolute Gasteiger partial charge is 0.417 e. The Balaban J connectivity index is 1.77. The minimum absolute atomic E-state index is 0.000457. The van der Waals surface area contributed by atoms with Crippen LogP contribution in [0.4, 0.5) is 13.2 Å². The lowest BCUT2D eigenvalue weighted by Crippen LogP contribution is -2.20. The number of thiophene rings is 1. The molecule has 10 heteroatoms. The van der Waals surface area contributed by atoms with Gasteiger partial charge in [-0.15, -0.1) is 23.1 Å². The van der Waals surface area contributed by atoms with Crippen molar-refractivity contribution >= 4 is 34.7 Å². The number of alkyl halides is 3. The predicted molar refractivity (Wildman–Crippen MR) is 111 cm³/mol. The van der Waals surface area contributed by atoms with E-state index in [4.69, 9.17) is 16.3 Å². The second-order valence-corrected chi connectivity index (χ2v) is 8.44. The van der Waals surface area contributed by atoms with Gasteiger partial charge in [0.2, 0.25) is 0 Å². The number of thioether (sulfide) groups is 1. The van der Waals surface area contributed by atoms with E-state index in [1.54, 1.807) is 47.8 Å². The molecule has 0 aliphatic carbocycles. The molecule has 1 N–H and O–H groups in total. The van der Waals surface area contributed by atoms with Gasteiger partial charge in [-0.3, -0.25) is 0 Å². The highest BCUT2D eigenvalue weighted by Crippen LogP contribution is 2.38.